The summed E-state index contributed by atoms with van der Waals surface area (Å²) in [5, 5.41) is 37.7. The average molecular weight is 1560 g/mol. The number of urea groups is 3. The molecule has 0 spiro atoms. The van der Waals surface area contributed by atoms with Gasteiger partial charge in [0.1, 0.15) is 70.2 Å². The topological polar surface area (TPSA) is 386 Å². The van der Waals surface area contributed by atoms with Crippen LogP contribution in [0.3, 0.4) is 0 Å². The lowest BCUT2D eigenvalue weighted by atomic mass is 10.0. The number of likely N-dealkylation sites (tertiary alicyclic amines) is 3. The van der Waals surface area contributed by atoms with Crippen LogP contribution in [0.1, 0.15) is 160 Å². The van der Waals surface area contributed by atoms with Gasteiger partial charge in [-0.15, -0.1) is 35.3 Å². The quantitative estimate of drug-likeness (QED) is 0.0673. The summed E-state index contributed by atoms with van der Waals surface area (Å²) < 4.78 is 16.3. The molecule has 0 saturated carbocycles. The van der Waals surface area contributed by atoms with Gasteiger partial charge in [0.2, 0.25) is 17.7 Å². The number of hydrogen-bond acceptors (Lipinski definition) is 24. The molecule has 15 heterocycles. The summed E-state index contributed by atoms with van der Waals surface area (Å²) in [6.45, 7) is 14.1. The van der Waals surface area contributed by atoms with Gasteiger partial charge in [0.05, 0.1) is 36.5 Å². The summed E-state index contributed by atoms with van der Waals surface area (Å²) in [6.07, 6.45) is 16.0. The average Bonchev–Trinajstić information content (AvgIpc) is 1.53. The summed E-state index contributed by atoms with van der Waals surface area (Å²) in [5.41, 5.74) is 6.77. The smallest absolute Gasteiger partial charge is 0.328 e. The molecule has 0 aliphatic carbocycles. The van der Waals surface area contributed by atoms with Crippen molar-refractivity contribution in [1.29, 1.82) is 15.8 Å². The number of carbonyl (C=O) groups excluding carboxylic acids is 9. The van der Waals surface area contributed by atoms with Crippen LogP contribution in [0.2, 0.25) is 0 Å². The number of fused-ring (bicyclic) bond motifs is 3. The molecule has 111 heavy (non-hydrogen) atoms. The molecule has 33 heteroatoms. The zero-order valence-corrected chi connectivity index (χ0v) is 64.3. The number of thioether (sulfide) groups is 3. The van der Waals surface area contributed by atoms with E-state index in [4.69, 9.17) is 14.2 Å². The van der Waals surface area contributed by atoms with Crippen molar-refractivity contribution in [3.8, 4) is 18.2 Å². The summed E-state index contributed by atoms with van der Waals surface area (Å²) in [5.74, 6) is 2.59. The Morgan fingerprint density at radius 2 is 0.739 bits per heavy atom. The van der Waals surface area contributed by atoms with Gasteiger partial charge in [0.25, 0.3) is 0 Å². The number of aromatic nitrogens is 6. The van der Waals surface area contributed by atoms with Gasteiger partial charge in [0.15, 0.2) is 18.9 Å². The number of carbonyl (C=O) groups is 9. The van der Waals surface area contributed by atoms with Gasteiger partial charge in [-0.1, -0.05) is 20.8 Å². The van der Waals surface area contributed by atoms with Gasteiger partial charge in [-0.3, -0.25) is 59.4 Å². The number of pyridine rings is 6. The normalized spacial score (nSPS) is 21.0. The second kappa shape index (κ2) is 36.1. The summed E-state index contributed by atoms with van der Waals surface area (Å²) >= 11 is 4.67. The summed E-state index contributed by atoms with van der Waals surface area (Å²) in [4.78, 5) is 151. The first-order chi connectivity index (χ1) is 53.9. The van der Waals surface area contributed by atoms with Crippen molar-refractivity contribution < 1.29 is 57.4 Å². The number of rotatable bonds is 18. The molecule has 0 bridgehead atoms. The molecule has 6 fully saturated rings. The van der Waals surface area contributed by atoms with Crippen molar-refractivity contribution in [1.82, 2.24) is 44.6 Å². The summed E-state index contributed by atoms with van der Waals surface area (Å²) in [6, 6.07) is 16.1. The molecule has 6 aromatic rings. The monoisotopic (exact) mass is 1560 g/mol. The van der Waals surface area contributed by atoms with Gasteiger partial charge in [0, 0.05) is 162 Å². The SMILES string of the molecule is CC1CCN(Cc2cc3c(nc2C=O)N(C(=O)Nc2cc(SC4CCOC4)c(C#N)cn2)CCC3)C1=O.C[C@@H]1CCN(Cc2cc3c(nc2C=O)N(C(=O)Nc2cc(S[C@@H]4CCOC4)c(C#N)cn2)CCC3)C1=O.C[C@@H]1CCN(Cc2cc3c(nc2C=O)N(C(=O)Nc2cc(S[C@H]4CCOC4)c(C#N)cn2)CCC3)C1=O. The molecular formula is C78H84N18O12S3. The zero-order chi connectivity index (χ0) is 77.8. The first-order valence-electron chi connectivity index (χ1n) is 37.4. The van der Waals surface area contributed by atoms with Gasteiger partial charge in [-0.2, -0.15) is 15.8 Å². The molecule has 0 aromatic carbocycles. The molecule has 30 nitrogen and oxygen atoms in total. The second-order valence-electron chi connectivity index (χ2n) is 28.6. The number of nitriles is 3. The maximum absolute atomic E-state index is 13.3. The Bertz CT molecular complexity index is 4280. The van der Waals surface area contributed by atoms with Crippen molar-refractivity contribution in [3.05, 3.63) is 122 Å². The number of aryl methyl sites for hydroxylation is 3. The lowest BCUT2D eigenvalue weighted by Gasteiger charge is -2.29. The number of nitrogens with one attached hydrogen (secondary N) is 3. The zero-order valence-electron chi connectivity index (χ0n) is 61.8. The first kappa shape index (κ1) is 78.6. The Hall–Kier alpha value is -10.5. The number of ether oxygens (including phenoxy) is 3. The van der Waals surface area contributed by atoms with E-state index in [1.54, 1.807) is 68.2 Å². The van der Waals surface area contributed by atoms with Gasteiger partial charge in [-0.25, -0.2) is 44.3 Å². The van der Waals surface area contributed by atoms with E-state index in [9.17, 15) is 58.9 Å². The second-order valence-corrected chi connectivity index (χ2v) is 32.7. The fourth-order valence-electron chi connectivity index (χ4n) is 14.7. The maximum Gasteiger partial charge on any atom is 0.328 e. The van der Waals surface area contributed by atoms with Crippen molar-refractivity contribution in [2.75, 3.05) is 110 Å². The van der Waals surface area contributed by atoms with E-state index in [1.165, 1.54) is 33.3 Å². The Morgan fingerprint density at radius 1 is 0.450 bits per heavy atom. The van der Waals surface area contributed by atoms with Crippen LogP contribution >= 0.6 is 35.3 Å². The van der Waals surface area contributed by atoms with Gasteiger partial charge in [-0.05, 0) is 130 Å². The van der Waals surface area contributed by atoms with E-state index in [1.807, 2.05) is 39.0 Å². The van der Waals surface area contributed by atoms with Crippen LogP contribution in [0.5, 0.6) is 0 Å². The number of aldehydes is 3. The molecule has 2 unspecified atom stereocenters. The molecule has 9 amide bonds. The Labute approximate surface area is 654 Å². The molecule has 3 N–H and O–H groups in total. The van der Waals surface area contributed by atoms with E-state index in [2.05, 4.69) is 64.1 Å². The largest absolute Gasteiger partial charge is 0.380 e. The van der Waals surface area contributed by atoms with E-state index >= 15 is 0 Å². The van der Waals surface area contributed by atoms with Crippen LogP contribution in [-0.4, -0.2) is 194 Å². The van der Waals surface area contributed by atoms with Crippen molar-refractivity contribution >= 4 is 125 Å². The van der Waals surface area contributed by atoms with Crippen LogP contribution in [0.4, 0.5) is 49.3 Å². The molecule has 15 rings (SSSR count). The fourth-order valence-corrected chi connectivity index (χ4v) is 18.1. The highest BCUT2D eigenvalue weighted by Gasteiger charge is 2.36. The lowest BCUT2D eigenvalue weighted by Crippen LogP contribution is -2.40. The van der Waals surface area contributed by atoms with Gasteiger partial charge >= 0.3 is 18.1 Å². The van der Waals surface area contributed by atoms with E-state index < -0.39 is 18.1 Å². The molecule has 6 saturated heterocycles. The lowest BCUT2D eigenvalue weighted by molar-refractivity contribution is -0.131. The molecule has 0 radical (unpaired) electrons. The molecule has 9 aliphatic heterocycles. The molecule has 576 valence electrons. The highest BCUT2D eigenvalue weighted by Crippen LogP contribution is 2.39. The third-order valence-corrected chi connectivity index (χ3v) is 24.8. The highest BCUT2D eigenvalue weighted by atomic mass is 32.2. The third-order valence-electron chi connectivity index (χ3n) is 20.9. The fraction of sp³-hybridized carbons (Fsp3) is 0.462. The number of amides is 9. The number of hydrogen-bond donors (Lipinski definition) is 3. The van der Waals surface area contributed by atoms with Crippen LogP contribution in [0.25, 0.3) is 0 Å². The van der Waals surface area contributed by atoms with E-state index in [-0.39, 0.29) is 68.3 Å². The minimum absolute atomic E-state index is 0.00861. The Kier molecular flexibility index (Phi) is 25.6. The van der Waals surface area contributed by atoms with Crippen LogP contribution in [0.15, 0.2) is 69.7 Å². The van der Waals surface area contributed by atoms with Crippen LogP contribution in [0, 0.1) is 51.7 Å². The third kappa shape index (κ3) is 18.4. The highest BCUT2D eigenvalue weighted by molar-refractivity contribution is 8.00. The van der Waals surface area contributed by atoms with Crippen molar-refractivity contribution in [2.45, 2.75) is 148 Å². The van der Waals surface area contributed by atoms with E-state index in [0.717, 1.165) is 108 Å². The first-order valence-corrected chi connectivity index (χ1v) is 40.0. The molecule has 9 aliphatic rings. The number of anilines is 6. The van der Waals surface area contributed by atoms with Gasteiger partial charge < -0.3 is 28.9 Å². The standard InChI is InChI=1S/3C26H28N6O4S/c3*1-16-4-7-31(25(16)34)13-18-9-17-3-2-6-32(24(17)29-21(18)14-33)26(35)30-23-10-22(19(11-27)12-28-23)37-20-5-8-36-15-20/h3*9-10,12,14,16,20H,2-8,13,15H2,1H3,(H,28,30,35)/t16-,20+;16-,20-;/m11./s1. The predicted molar refractivity (Wildman–Crippen MR) is 413 cm³/mol. The molecule has 6 atom stereocenters. The van der Waals surface area contributed by atoms with Crippen LogP contribution in [-0.2, 0) is 67.5 Å². The minimum atomic E-state index is -0.404. The van der Waals surface area contributed by atoms with Crippen LogP contribution < -0.4 is 30.7 Å². The Balaban J connectivity index is 0.000000146. The van der Waals surface area contributed by atoms with Crippen molar-refractivity contribution in [3.63, 3.8) is 0 Å². The molecule has 6 aromatic heterocycles. The Morgan fingerprint density at radius 3 is 0.973 bits per heavy atom. The van der Waals surface area contributed by atoms with E-state index in [0.29, 0.717) is 186 Å². The maximum atomic E-state index is 13.3. The molecular weight excluding hydrogens is 1480 g/mol. The predicted octanol–water partition coefficient (Wildman–Crippen LogP) is 10.2. The number of nitrogens with zero attached hydrogens (tertiary/aromatic N) is 15. The summed E-state index contributed by atoms with van der Waals surface area (Å²) in [7, 11) is 0. The minimum Gasteiger partial charge on any atom is -0.380 e. The van der Waals surface area contributed by atoms with Crippen molar-refractivity contribution in [2.24, 2.45) is 17.8 Å².